The molecule has 0 aliphatic heterocycles. The first-order valence-corrected chi connectivity index (χ1v) is 7.82. The second-order valence-corrected chi connectivity index (χ2v) is 5.36. The lowest BCUT2D eigenvalue weighted by molar-refractivity contribution is 0.102. The molecule has 0 spiro atoms. The SMILES string of the molecule is COCc1ccccc1C(=O)Nc1cccc(Oc2ccncc2)c1. The number of anilines is 1. The summed E-state index contributed by atoms with van der Waals surface area (Å²) in [7, 11) is 1.61. The van der Waals surface area contributed by atoms with Crippen molar-refractivity contribution < 1.29 is 14.3 Å². The van der Waals surface area contributed by atoms with Gasteiger partial charge in [0.2, 0.25) is 0 Å². The largest absolute Gasteiger partial charge is 0.457 e. The van der Waals surface area contributed by atoms with Crippen LogP contribution in [-0.4, -0.2) is 18.0 Å². The second kappa shape index (κ2) is 8.08. The number of ether oxygens (including phenoxy) is 2. The lowest BCUT2D eigenvalue weighted by atomic mass is 10.1. The smallest absolute Gasteiger partial charge is 0.256 e. The molecular formula is C20H18N2O3. The number of methoxy groups -OCH3 is 1. The minimum absolute atomic E-state index is 0.186. The molecule has 0 saturated heterocycles. The van der Waals surface area contributed by atoms with Crippen LogP contribution in [0.1, 0.15) is 15.9 Å². The van der Waals surface area contributed by atoms with Gasteiger partial charge in [0.25, 0.3) is 5.91 Å². The monoisotopic (exact) mass is 334 g/mol. The van der Waals surface area contributed by atoms with Crippen molar-refractivity contribution in [2.45, 2.75) is 6.61 Å². The van der Waals surface area contributed by atoms with E-state index < -0.39 is 0 Å². The van der Waals surface area contributed by atoms with E-state index in [0.29, 0.717) is 29.4 Å². The summed E-state index contributed by atoms with van der Waals surface area (Å²) in [5, 5.41) is 2.90. The van der Waals surface area contributed by atoms with Crippen LogP contribution < -0.4 is 10.1 Å². The van der Waals surface area contributed by atoms with Gasteiger partial charge in [-0.15, -0.1) is 0 Å². The molecule has 0 aliphatic carbocycles. The Morgan fingerprint density at radius 2 is 1.80 bits per heavy atom. The molecule has 2 aromatic carbocycles. The van der Waals surface area contributed by atoms with E-state index in [9.17, 15) is 4.79 Å². The van der Waals surface area contributed by atoms with Gasteiger partial charge in [-0.3, -0.25) is 9.78 Å². The highest BCUT2D eigenvalue weighted by molar-refractivity contribution is 6.05. The Bertz CT molecular complexity index is 850. The highest BCUT2D eigenvalue weighted by Gasteiger charge is 2.11. The van der Waals surface area contributed by atoms with Crippen LogP contribution in [0.5, 0.6) is 11.5 Å². The highest BCUT2D eigenvalue weighted by atomic mass is 16.5. The molecule has 3 aromatic rings. The van der Waals surface area contributed by atoms with E-state index in [2.05, 4.69) is 10.3 Å². The van der Waals surface area contributed by atoms with E-state index in [0.717, 1.165) is 5.56 Å². The average Bonchev–Trinajstić information content (AvgIpc) is 2.63. The number of benzene rings is 2. The standard InChI is InChI=1S/C20H18N2O3/c1-24-14-15-5-2-3-8-19(15)20(23)22-16-6-4-7-18(13-16)25-17-9-11-21-12-10-17/h2-13H,14H2,1H3,(H,22,23). The van der Waals surface area contributed by atoms with Gasteiger partial charge in [0.1, 0.15) is 11.5 Å². The van der Waals surface area contributed by atoms with E-state index in [4.69, 9.17) is 9.47 Å². The number of rotatable bonds is 6. The molecule has 0 atom stereocenters. The molecule has 3 rings (SSSR count). The molecular weight excluding hydrogens is 316 g/mol. The van der Waals surface area contributed by atoms with Gasteiger partial charge >= 0.3 is 0 Å². The summed E-state index contributed by atoms with van der Waals surface area (Å²) in [6.07, 6.45) is 3.32. The van der Waals surface area contributed by atoms with Crippen molar-refractivity contribution in [3.63, 3.8) is 0 Å². The maximum absolute atomic E-state index is 12.6. The van der Waals surface area contributed by atoms with Gasteiger partial charge in [-0.2, -0.15) is 0 Å². The Balaban J connectivity index is 1.75. The number of pyridine rings is 1. The first-order valence-electron chi connectivity index (χ1n) is 7.82. The number of nitrogens with one attached hydrogen (secondary N) is 1. The van der Waals surface area contributed by atoms with Gasteiger partial charge in [0, 0.05) is 36.8 Å². The van der Waals surface area contributed by atoms with E-state index in [1.807, 2.05) is 36.4 Å². The van der Waals surface area contributed by atoms with Crippen LogP contribution in [0, 0.1) is 0 Å². The Hall–Kier alpha value is -3.18. The van der Waals surface area contributed by atoms with Crippen LogP contribution in [0.3, 0.4) is 0 Å². The molecule has 0 fully saturated rings. The number of aromatic nitrogens is 1. The molecule has 1 amide bonds. The molecule has 5 heteroatoms. The molecule has 1 heterocycles. The number of hydrogen-bond acceptors (Lipinski definition) is 4. The van der Waals surface area contributed by atoms with Crippen LogP contribution in [0.4, 0.5) is 5.69 Å². The number of amides is 1. The van der Waals surface area contributed by atoms with Gasteiger partial charge < -0.3 is 14.8 Å². The quantitative estimate of drug-likeness (QED) is 0.731. The lowest BCUT2D eigenvalue weighted by Crippen LogP contribution is -2.14. The van der Waals surface area contributed by atoms with Gasteiger partial charge in [-0.1, -0.05) is 24.3 Å². The highest BCUT2D eigenvalue weighted by Crippen LogP contribution is 2.24. The molecule has 1 aromatic heterocycles. The number of hydrogen-bond donors (Lipinski definition) is 1. The fourth-order valence-corrected chi connectivity index (χ4v) is 2.40. The summed E-state index contributed by atoms with van der Waals surface area (Å²) in [6.45, 7) is 0.384. The summed E-state index contributed by atoms with van der Waals surface area (Å²) in [4.78, 5) is 16.5. The summed E-state index contributed by atoms with van der Waals surface area (Å²) in [5.41, 5.74) is 2.08. The van der Waals surface area contributed by atoms with Crippen LogP contribution in [-0.2, 0) is 11.3 Å². The Labute approximate surface area is 146 Å². The lowest BCUT2D eigenvalue weighted by Gasteiger charge is -2.11. The normalized spacial score (nSPS) is 10.3. The Kier molecular flexibility index (Phi) is 5.39. The van der Waals surface area contributed by atoms with Crippen LogP contribution in [0.15, 0.2) is 73.1 Å². The van der Waals surface area contributed by atoms with Gasteiger partial charge in [0.15, 0.2) is 0 Å². The summed E-state index contributed by atoms with van der Waals surface area (Å²) >= 11 is 0. The molecule has 0 saturated carbocycles. The molecule has 0 unspecified atom stereocenters. The summed E-state index contributed by atoms with van der Waals surface area (Å²) in [6, 6.07) is 18.2. The zero-order chi connectivity index (χ0) is 17.5. The Morgan fingerprint density at radius 1 is 1.00 bits per heavy atom. The third-order valence-electron chi connectivity index (χ3n) is 3.54. The first kappa shape index (κ1) is 16.7. The van der Waals surface area contributed by atoms with Crippen molar-refractivity contribution in [3.05, 3.63) is 84.2 Å². The summed E-state index contributed by atoms with van der Waals surface area (Å²) < 4.78 is 10.9. The number of carbonyl (C=O) groups is 1. The molecule has 126 valence electrons. The predicted molar refractivity (Wildman–Crippen MR) is 95.9 cm³/mol. The van der Waals surface area contributed by atoms with Gasteiger partial charge in [-0.05, 0) is 35.9 Å². The van der Waals surface area contributed by atoms with Crippen LogP contribution in [0.25, 0.3) is 0 Å². The molecule has 0 bridgehead atoms. The van der Waals surface area contributed by atoms with E-state index in [1.54, 1.807) is 43.8 Å². The van der Waals surface area contributed by atoms with Crippen molar-refractivity contribution in [2.24, 2.45) is 0 Å². The third-order valence-corrected chi connectivity index (χ3v) is 3.54. The number of carbonyl (C=O) groups excluding carboxylic acids is 1. The van der Waals surface area contributed by atoms with Crippen molar-refractivity contribution in [1.82, 2.24) is 4.98 Å². The Morgan fingerprint density at radius 3 is 2.60 bits per heavy atom. The molecule has 0 aliphatic rings. The van der Waals surface area contributed by atoms with Crippen LogP contribution in [0.2, 0.25) is 0 Å². The van der Waals surface area contributed by atoms with Gasteiger partial charge in [-0.25, -0.2) is 0 Å². The van der Waals surface area contributed by atoms with Crippen molar-refractivity contribution >= 4 is 11.6 Å². The van der Waals surface area contributed by atoms with Crippen molar-refractivity contribution in [2.75, 3.05) is 12.4 Å². The zero-order valence-electron chi connectivity index (χ0n) is 13.8. The fraction of sp³-hybridized carbons (Fsp3) is 0.100. The molecule has 0 radical (unpaired) electrons. The van der Waals surface area contributed by atoms with Crippen molar-refractivity contribution in [3.8, 4) is 11.5 Å². The fourth-order valence-electron chi connectivity index (χ4n) is 2.40. The average molecular weight is 334 g/mol. The second-order valence-electron chi connectivity index (χ2n) is 5.36. The van der Waals surface area contributed by atoms with E-state index in [-0.39, 0.29) is 5.91 Å². The summed E-state index contributed by atoms with van der Waals surface area (Å²) in [5.74, 6) is 1.13. The molecule has 25 heavy (non-hydrogen) atoms. The maximum atomic E-state index is 12.6. The molecule has 1 N–H and O–H groups in total. The molecule has 5 nitrogen and oxygen atoms in total. The predicted octanol–water partition coefficient (Wildman–Crippen LogP) is 4.27. The third kappa shape index (κ3) is 4.43. The first-order chi connectivity index (χ1) is 12.3. The minimum Gasteiger partial charge on any atom is -0.457 e. The zero-order valence-corrected chi connectivity index (χ0v) is 13.8. The van der Waals surface area contributed by atoms with Crippen molar-refractivity contribution in [1.29, 1.82) is 0 Å². The van der Waals surface area contributed by atoms with Crippen LogP contribution >= 0.6 is 0 Å². The van der Waals surface area contributed by atoms with Gasteiger partial charge in [0.05, 0.1) is 6.61 Å². The van der Waals surface area contributed by atoms with E-state index >= 15 is 0 Å². The number of nitrogens with zero attached hydrogens (tertiary/aromatic N) is 1. The topological polar surface area (TPSA) is 60.5 Å². The minimum atomic E-state index is -0.186. The van der Waals surface area contributed by atoms with E-state index in [1.165, 1.54) is 0 Å². The maximum Gasteiger partial charge on any atom is 0.256 e.